The van der Waals surface area contributed by atoms with Gasteiger partial charge in [-0.05, 0) is 30.5 Å². The molecule has 25 heavy (non-hydrogen) atoms. The van der Waals surface area contributed by atoms with Gasteiger partial charge in [0.2, 0.25) is 5.88 Å². The molecule has 0 N–H and O–H groups in total. The number of likely N-dealkylation sites (tertiary alicyclic amines) is 1. The molecule has 0 aliphatic carbocycles. The highest BCUT2D eigenvalue weighted by molar-refractivity contribution is 5.83. The summed E-state index contributed by atoms with van der Waals surface area (Å²) in [6, 6.07) is 11.7. The van der Waals surface area contributed by atoms with Gasteiger partial charge in [-0.3, -0.25) is 4.79 Å². The second-order valence-corrected chi connectivity index (χ2v) is 6.53. The predicted octanol–water partition coefficient (Wildman–Crippen LogP) is 2.08. The standard InChI is InChI=1S/C19H21N3O3/c1-13-6-7-17(21-20-13)25-15-8-10-22(12-15)19(23)18-16-5-3-2-4-14(16)9-11-24-18/h2-7,15,18H,8-12H2,1H3/t15-,18+/m0/s1. The molecule has 0 bridgehead atoms. The maximum atomic E-state index is 12.9. The average Bonchev–Trinajstić information content (AvgIpc) is 3.11. The molecule has 4 rings (SSSR count). The van der Waals surface area contributed by atoms with Crippen molar-refractivity contribution >= 4 is 5.91 Å². The lowest BCUT2D eigenvalue weighted by Crippen LogP contribution is -2.37. The lowest BCUT2D eigenvalue weighted by atomic mass is 9.97. The van der Waals surface area contributed by atoms with E-state index in [0.29, 0.717) is 25.6 Å². The summed E-state index contributed by atoms with van der Waals surface area (Å²) >= 11 is 0. The maximum absolute atomic E-state index is 12.9. The molecule has 0 saturated carbocycles. The van der Waals surface area contributed by atoms with Gasteiger partial charge in [0.1, 0.15) is 6.10 Å². The molecule has 2 aliphatic rings. The molecule has 6 nitrogen and oxygen atoms in total. The zero-order valence-corrected chi connectivity index (χ0v) is 14.2. The van der Waals surface area contributed by atoms with Crippen LogP contribution in [0.4, 0.5) is 0 Å². The number of hydrogen-bond donors (Lipinski definition) is 0. The molecule has 2 atom stereocenters. The number of carbonyl (C=O) groups excluding carboxylic acids is 1. The topological polar surface area (TPSA) is 64.5 Å². The fraction of sp³-hybridized carbons (Fsp3) is 0.421. The zero-order valence-electron chi connectivity index (χ0n) is 14.2. The minimum atomic E-state index is -0.497. The monoisotopic (exact) mass is 339 g/mol. The van der Waals surface area contributed by atoms with Gasteiger partial charge in [-0.15, -0.1) is 5.10 Å². The molecule has 1 aromatic carbocycles. The van der Waals surface area contributed by atoms with Crippen LogP contribution in [0.2, 0.25) is 0 Å². The van der Waals surface area contributed by atoms with Crippen molar-refractivity contribution in [2.24, 2.45) is 0 Å². The van der Waals surface area contributed by atoms with Crippen LogP contribution in [0.15, 0.2) is 36.4 Å². The number of hydrogen-bond acceptors (Lipinski definition) is 5. The third kappa shape index (κ3) is 3.35. The normalized spacial score (nSPS) is 22.5. The number of ether oxygens (including phenoxy) is 2. The lowest BCUT2D eigenvalue weighted by molar-refractivity contribution is -0.144. The summed E-state index contributed by atoms with van der Waals surface area (Å²) in [5.74, 6) is 0.525. The van der Waals surface area contributed by atoms with Crippen molar-refractivity contribution in [2.45, 2.75) is 32.0 Å². The molecule has 0 unspecified atom stereocenters. The first-order chi connectivity index (χ1) is 12.2. The Morgan fingerprint density at radius 2 is 2.12 bits per heavy atom. The highest BCUT2D eigenvalue weighted by Crippen LogP contribution is 2.30. The fourth-order valence-corrected chi connectivity index (χ4v) is 3.41. The molecular formula is C19H21N3O3. The molecule has 2 aromatic rings. The molecule has 6 heteroatoms. The second-order valence-electron chi connectivity index (χ2n) is 6.53. The van der Waals surface area contributed by atoms with Crippen LogP contribution >= 0.6 is 0 Å². The fourth-order valence-electron chi connectivity index (χ4n) is 3.41. The van der Waals surface area contributed by atoms with Crippen LogP contribution in [0.25, 0.3) is 0 Å². The summed E-state index contributed by atoms with van der Waals surface area (Å²) in [5, 5.41) is 8.03. The highest BCUT2D eigenvalue weighted by atomic mass is 16.5. The predicted molar refractivity (Wildman–Crippen MR) is 91.2 cm³/mol. The first-order valence-electron chi connectivity index (χ1n) is 8.66. The highest BCUT2D eigenvalue weighted by Gasteiger charge is 2.35. The van der Waals surface area contributed by atoms with Crippen LogP contribution in [0.5, 0.6) is 5.88 Å². The molecule has 2 aliphatic heterocycles. The van der Waals surface area contributed by atoms with Crippen molar-refractivity contribution in [2.75, 3.05) is 19.7 Å². The Bertz CT molecular complexity index is 763. The lowest BCUT2D eigenvalue weighted by Gasteiger charge is -2.28. The third-order valence-electron chi connectivity index (χ3n) is 4.74. The first-order valence-corrected chi connectivity index (χ1v) is 8.66. The largest absolute Gasteiger partial charge is 0.471 e. The maximum Gasteiger partial charge on any atom is 0.256 e. The first kappa shape index (κ1) is 16.0. The summed E-state index contributed by atoms with van der Waals surface area (Å²) < 4.78 is 11.7. The smallest absolute Gasteiger partial charge is 0.256 e. The Balaban J connectivity index is 1.42. The van der Waals surface area contributed by atoms with E-state index in [0.717, 1.165) is 24.1 Å². The van der Waals surface area contributed by atoms with E-state index in [1.54, 1.807) is 0 Å². The number of aromatic nitrogens is 2. The van der Waals surface area contributed by atoms with Gasteiger partial charge in [-0.1, -0.05) is 24.3 Å². The van der Waals surface area contributed by atoms with Crippen molar-refractivity contribution in [3.05, 3.63) is 53.2 Å². The Morgan fingerprint density at radius 1 is 1.24 bits per heavy atom. The number of fused-ring (bicyclic) bond motifs is 1. The van der Waals surface area contributed by atoms with Crippen LogP contribution in [0.3, 0.4) is 0 Å². The zero-order chi connectivity index (χ0) is 17.2. The Morgan fingerprint density at radius 3 is 2.96 bits per heavy atom. The quantitative estimate of drug-likeness (QED) is 0.857. The number of rotatable bonds is 3. The van der Waals surface area contributed by atoms with Crippen molar-refractivity contribution in [3.8, 4) is 5.88 Å². The van der Waals surface area contributed by atoms with Gasteiger partial charge < -0.3 is 14.4 Å². The van der Waals surface area contributed by atoms with Crippen molar-refractivity contribution in [1.82, 2.24) is 15.1 Å². The van der Waals surface area contributed by atoms with Crippen LogP contribution in [0, 0.1) is 6.92 Å². The van der Waals surface area contributed by atoms with Crippen LogP contribution in [-0.2, 0) is 16.0 Å². The molecule has 1 saturated heterocycles. The van der Waals surface area contributed by atoms with E-state index in [9.17, 15) is 4.79 Å². The molecule has 0 radical (unpaired) electrons. The van der Waals surface area contributed by atoms with Crippen molar-refractivity contribution in [3.63, 3.8) is 0 Å². The van der Waals surface area contributed by atoms with Gasteiger partial charge >= 0.3 is 0 Å². The van der Waals surface area contributed by atoms with Crippen LogP contribution in [-0.4, -0.2) is 46.8 Å². The number of nitrogens with zero attached hydrogens (tertiary/aromatic N) is 3. The number of benzene rings is 1. The van der Waals surface area contributed by atoms with E-state index in [1.807, 2.05) is 42.2 Å². The summed E-state index contributed by atoms with van der Waals surface area (Å²) in [6.45, 7) is 3.69. The molecule has 3 heterocycles. The van der Waals surface area contributed by atoms with E-state index in [1.165, 1.54) is 5.56 Å². The average molecular weight is 339 g/mol. The summed E-state index contributed by atoms with van der Waals surface area (Å²) in [6.07, 6.45) is 1.09. The Labute approximate surface area is 146 Å². The minimum absolute atomic E-state index is 0.0215. The molecule has 1 fully saturated rings. The van der Waals surface area contributed by atoms with E-state index >= 15 is 0 Å². The van der Waals surface area contributed by atoms with Gasteiger partial charge in [0.05, 0.1) is 18.8 Å². The molecule has 0 spiro atoms. The number of carbonyl (C=O) groups is 1. The molecule has 1 amide bonds. The summed E-state index contributed by atoms with van der Waals surface area (Å²) in [4.78, 5) is 14.8. The van der Waals surface area contributed by atoms with E-state index in [4.69, 9.17) is 9.47 Å². The van der Waals surface area contributed by atoms with E-state index in [2.05, 4.69) is 16.3 Å². The van der Waals surface area contributed by atoms with Gasteiger partial charge in [0, 0.05) is 19.0 Å². The van der Waals surface area contributed by atoms with Gasteiger partial charge in [-0.25, -0.2) is 0 Å². The van der Waals surface area contributed by atoms with Crippen molar-refractivity contribution in [1.29, 1.82) is 0 Å². The van der Waals surface area contributed by atoms with Crippen LogP contribution in [0.1, 0.15) is 29.3 Å². The molecular weight excluding hydrogens is 318 g/mol. The summed E-state index contributed by atoms with van der Waals surface area (Å²) in [5.41, 5.74) is 3.05. The molecule has 1 aromatic heterocycles. The van der Waals surface area contributed by atoms with Gasteiger partial charge in [0.25, 0.3) is 5.91 Å². The summed E-state index contributed by atoms with van der Waals surface area (Å²) in [7, 11) is 0. The number of aryl methyl sites for hydroxylation is 1. The van der Waals surface area contributed by atoms with Gasteiger partial charge in [0.15, 0.2) is 6.10 Å². The minimum Gasteiger partial charge on any atom is -0.471 e. The van der Waals surface area contributed by atoms with Gasteiger partial charge in [-0.2, -0.15) is 5.10 Å². The number of amides is 1. The Kier molecular flexibility index (Phi) is 4.36. The van der Waals surface area contributed by atoms with E-state index < -0.39 is 6.10 Å². The SMILES string of the molecule is Cc1ccc(O[C@H]2CCN(C(=O)[C@@H]3OCCc4ccccc43)C2)nn1. The van der Waals surface area contributed by atoms with Crippen LogP contribution < -0.4 is 4.74 Å². The third-order valence-corrected chi connectivity index (χ3v) is 4.74. The molecule has 130 valence electrons. The van der Waals surface area contributed by atoms with E-state index in [-0.39, 0.29) is 12.0 Å². The Hall–Kier alpha value is -2.47. The van der Waals surface area contributed by atoms with Crippen molar-refractivity contribution < 1.29 is 14.3 Å². The second kappa shape index (κ2) is 6.80.